The summed E-state index contributed by atoms with van der Waals surface area (Å²) in [6, 6.07) is 7.16. The second-order valence-corrected chi connectivity index (χ2v) is 6.59. The Hall–Kier alpha value is -2.12. The molecule has 0 bridgehead atoms. The molecule has 0 fully saturated rings. The molecule has 0 amide bonds. The van der Waals surface area contributed by atoms with Crippen LogP contribution < -0.4 is 15.6 Å². The molecule has 0 spiro atoms. The average molecular weight is 349 g/mol. The first-order valence-corrected chi connectivity index (χ1v) is 8.44. The van der Waals surface area contributed by atoms with Gasteiger partial charge in [0.1, 0.15) is 5.75 Å². The normalized spacial score (nSPS) is 17.3. The van der Waals surface area contributed by atoms with Gasteiger partial charge in [0, 0.05) is 17.8 Å². The molecule has 2 aromatic heterocycles. The zero-order valence-electron chi connectivity index (χ0n) is 12.0. The minimum absolute atomic E-state index is 0.0301. The highest BCUT2D eigenvalue weighted by Crippen LogP contribution is 2.38. The number of ether oxygens (including phenoxy) is 1. The molecule has 23 heavy (non-hydrogen) atoms. The van der Waals surface area contributed by atoms with E-state index in [0.29, 0.717) is 21.7 Å². The van der Waals surface area contributed by atoms with Crippen molar-refractivity contribution in [1.29, 1.82) is 0 Å². The summed E-state index contributed by atoms with van der Waals surface area (Å²) in [6.07, 6.45) is 3.30. The fourth-order valence-corrected chi connectivity index (χ4v) is 3.73. The van der Waals surface area contributed by atoms with Gasteiger partial charge in [-0.1, -0.05) is 35.1 Å². The van der Waals surface area contributed by atoms with Crippen LogP contribution in [0.5, 0.6) is 5.75 Å². The Balaban J connectivity index is 1.72. The molecule has 6 nitrogen and oxygen atoms in total. The van der Waals surface area contributed by atoms with Crippen LogP contribution in [0.3, 0.4) is 0 Å². The second-order valence-electron chi connectivity index (χ2n) is 5.23. The number of hydrogen-bond acceptors (Lipinski definition) is 6. The van der Waals surface area contributed by atoms with Crippen molar-refractivity contribution in [2.75, 3.05) is 11.9 Å². The maximum Gasteiger partial charge on any atom is 0.275 e. The molecule has 0 aliphatic carbocycles. The van der Waals surface area contributed by atoms with E-state index >= 15 is 0 Å². The Morgan fingerprint density at radius 1 is 1.39 bits per heavy atom. The number of para-hydroxylation sites is 1. The van der Waals surface area contributed by atoms with Gasteiger partial charge in [0.25, 0.3) is 5.56 Å². The first kappa shape index (κ1) is 14.5. The standard InChI is InChI=1S/C15H13ClN4O2S/c16-10-4-1-3-9-11(5-2-8-22-13(9)10)18-14-19-20-12(21)6-7-17-15(20)23-14/h1,3-4,6-7,11H,2,5,8H2,(H,18,19). The zero-order valence-corrected chi connectivity index (χ0v) is 13.6. The van der Waals surface area contributed by atoms with Crippen molar-refractivity contribution >= 4 is 33.0 Å². The van der Waals surface area contributed by atoms with E-state index in [9.17, 15) is 4.79 Å². The Bertz CT molecular complexity index is 923. The minimum Gasteiger partial charge on any atom is -0.492 e. The first-order valence-electron chi connectivity index (χ1n) is 7.25. The molecule has 1 atom stereocenters. The van der Waals surface area contributed by atoms with Crippen molar-refractivity contribution in [2.24, 2.45) is 0 Å². The third kappa shape index (κ3) is 2.66. The molecule has 118 valence electrons. The van der Waals surface area contributed by atoms with Crippen molar-refractivity contribution in [3.05, 3.63) is 51.4 Å². The van der Waals surface area contributed by atoms with Gasteiger partial charge in [0.15, 0.2) is 0 Å². The molecule has 1 N–H and O–H groups in total. The Labute approximate surface area is 140 Å². The summed E-state index contributed by atoms with van der Waals surface area (Å²) < 4.78 is 7.07. The molecule has 3 heterocycles. The summed E-state index contributed by atoms with van der Waals surface area (Å²) in [5.41, 5.74) is 0.821. The SMILES string of the molecule is O=c1ccnc2sc(NC3CCCOc4c(Cl)cccc43)nn12. The summed E-state index contributed by atoms with van der Waals surface area (Å²) in [6.45, 7) is 0.635. The predicted octanol–water partition coefficient (Wildman–Crippen LogP) is 3.13. The van der Waals surface area contributed by atoms with Crippen LogP contribution in [0, 0.1) is 0 Å². The molecule has 0 saturated heterocycles. The molecule has 1 unspecified atom stereocenters. The number of nitrogens with one attached hydrogen (secondary N) is 1. The number of aromatic nitrogens is 3. The lowest BCUT2D eigenvalue weighted by Gasteiger charge is -2.17. The molecule has 0 radical (unpaired) electrons. The van der Waals surface area contributed by atoms with Crippen molar-refractivity contribution in [2.45, 2.75) is 18.9 Å². The molecule has 1 aliphatic heterocycles. The lowest BCUT2D eigenvalue weighted by Crippen LogP contribution is -2.14. The predicted molar refractivity (Wildman–Crippen MR) is 89.7 cm³/mol. The van der Waals surface area contributed by atoms with Crippen LogP contribution in [-0.2, 0) is 0 Å². The molecule has 0 saturated carbocycles. The highest BCUT2D eigenvalue weighted by molar-refractivity contribution is 7.20. The van der Waals surface area contributed by atoms with Crippen LogP contribution in [0.2, 0.25) is 5.02 Å². The third-order valence-corrected chi connectivity index (χ3v) is 4.88. The number of fused-ring (bicyclic) bond motifs is 2. The zero-order chi connectivity index (χ0) is 15.8. The van der Waals surface area contributed by atoms with E-state index in [1.165, 1.54) is 28.1 Å². The van der Waals surface area contributed by atoms with Gasteiger partial charge < -0.3 is 10.1 Å². The van der Waals surface area contributed by atoms with E-state index in [2.05, 4.69) is 15.4 Å². The highest BCUT2D eigenvalue weighted by Gasteiger charge is 2.22. The Morgan fingerprint density at radius 3 is 3.17 bits per heavy atom. The number of benzene rings is 1. The number of anilines is 1. The molecule has 8 heteroatoms. The summed E-state index contributed by atoms with van der Waals surface area (Å²) in [7, 11) is 0. The maximum absolute atomic E-state index is 11.8. The third-order valence-electron chi connectivity index (χ3n) is 3.72. The lowest BCUT2D eigenvalue weighted by atomic mass is 10.0. The monoisotopic (exact) mass is 348 g/mol. The molecular weight excluding hydrogens is 336 g/mol. The van der Waals surface area contributed by atoms with Gasteiger partial charge in [0.05, 0.1) is 17.7 Å². The molecule has 3 aromatic rings. The van der Waals surface area contributed by atoms with Gasteiger partial charge >= 0.3 is 0 Å². The van der Waals surface area contributed by atoms with Crippen LogP contribution >= 0.6 is 22.9 Å². The van der Waals surface area contributed by atoms with E-state index in [1.807, 2.05) is 18.2 Å². The van der Waals surface area contributed by atoms with Gasteiger partial charge in [-0.3, -0.25) is 4.79 Å². The van der Waals surface area contributed by atoms with Gasteiger partial charge in [-0.2, -0.15) is 4.52 Å². The van der Waals surface area contributed by atoms with Gasteiger partial charge in [-0.15, -0.1) is 5.10 Å². The van der Waals surface area contributed by atoms with E-state index in [-0.39, 0.29) is 11.6 Å². The van der Waals surface area contributed by atoms with Crippen LogP contribution in [0.25, 0.3) is 4.96 Å². The first-order chi connectivity index (χ1) is 11.2. The molecule has 4 rings (SSSR count). The van der Waals surface area contributed by atoms with Gasteiger partial charge in [0.2, 0.25) is 10.1 Å². The summed E-state index contributed by atoms with van der Waals surface area (Å²) in [5.74, 6) is 0.723. The summed E-state index contributed by atoms with van der Waals surface area (Å²) in [5, 5.41) is 8.96. The number of rotatable bonds is 2. The summed E-state index contributed by atoms with van der Waals surface area (Å²) >= 11 is 7.59. The molecule has 1 aliphatic rings. The van der Waals surface area contributed by atoms with Crippen LogP contribution in [-0.4, -0.2) is 21.2 Å². The largest absolute Gasteiger partial charge is 0.492 e. The fourth-order valence-electron chi connectivity index (χ4n) is 2.67. The minimum atomic E-state index is -0.188. The van der Waals surface area contributed by atoms with Crippen LogP contribution in [0.4, 0.5) is 5.13 Å². The van der Waals surface area contributed by atoms with Crippen molar-refractivity contribution in [3.63, 3.8) is 0 Å². The number of hydrogen-bond donors (Lipinski definition) is 1. The second kappa shape index (κ2) is 5.82. The van der Waals surface area contributed by atoms with Crippen LogP contribution in [0.15, 0.2) is 35.3 Å². The highest BCUT2D eigenvalue weighted by atomic mass is 35.5. The molecule has 1 aromatic carbocycles. The fraction of sp³-hybridized carbons (Fsp3) is 0.267. The number of halogens is 1. The summed E-state index contributed by atoms with van der Waals surface area (Å²) in [4.78, 5) is 16.5. The lowest BCUT2D eigenvalue weighted by molar-refractivity contribution is 0.316. The van der Waals surface area contributed by atoms with E-state index in [4.69, 9.17) is 16.3 Å². The Kier molecular flexibility index (Phi) is 3.66. The topological polar surface area (TPSA) is 68.5 Å². The maximum atomic E-state index is 11.8. The van der Waals surface area contributed by atoms with Crippen molar-refractivity contribution < 1.29 is 4.74 Å². The average Bonchev–Trinajstić information content (AvgIpc) is 2.84. The van der Waals surface area contributed by atoms with Crippen LogP contribution in [0.1, 0.15) is 24.4 Å². The van der Waals surface area contributed by atoms with Gasteiger partial charge in [-0.25, -0.2) is 4.98 Å². The van der Waals surface area contributed by atoms with E-state index in [0.717, 1.165) is 24.2 Å². The smallest absolute Gasteiger partial charge is 0.275 e. The molecular formula is C15H13ClN4O2S. The Morgan fingerprint density at radius 2 is 2.30 bits per heavy atom. The van der Waals surface area contributed by atoms with E-state index in [1.54, 1.807) is 0 Å². The van der Waals surface area contributed by atoms with Crippen molar-refractivity contribution in [3.8, 4) is 5.75 Å². The quantitative estimate of drug-likeness (QED) is 0.770. The number of nitrogens with zero attached hydrogens (tertiary/aromatic N) is 3. The van der Waals surface area contributed by atoms with Gasteiger partial charge in [-0.05, 0) is 18.9 Å². The van der Waals surface area contributed by atoms with Crippen molar-refractivity contribution in [1.82, 2.24) is 14.6 Å². The van der Waals surface area contributed by atoms with E-state index < -0.39 is 0 Å².